The summed E-state index contributed by atoms with van der Waals surface area (Å²) in [6.45, 7) is 0. The van der Waals surface area contributed by atoms with Gasteiger partial charge in [-0.05, 0) is 24.0 Å². The Morgan fingerprint density at radius 1 is 1.12 bits per heavy atom. The first kappa shape index (κ1) is 10.4. The van der Waals surface area contributed by atoms with Crippen LogP contribution in [0.25, 0.3) is 0 Å². The summed E-state index contributed by atoms with van der Waals surface area (Å²) in [5.74, 6) is 2.39. The van der Waals surface area contributed by atoms with Gasteiger partial charge in [-0.25, -0.2) is 0 Å². The van der Waals surface area contributed by atoms with Crippen molar-refractivity contribution >= 4 is 11.8 Å². The molecule has 2 heteroatoms. The van der Waals surface area contributed by atoms with E-state index >= 15 is 0 Å². The lowest BCUT2D eigenvalue weighted by molar-refractivity contribution is 0.472. The highest BCUT2D eigenvalue weighted by Gasteiger charge is 2.22. The molecule has 0 saturated carbocycles. The van der Waals surface area contributed by atoms with Gasteiger partial charge in [-0.1, -0.05) is 36.4 Å². The molecule has 1 aromatic rings. The molecule has 0 spiro atoms. The van der Waals surface area contributed by atoms with E-state index in [4.69, 9.17) is 0 Å². The molecule has 3 rings (SSSR count). The maximum absolute atomic E-state index is 3.79. The highest BCUT2D eigenvalue weighted by atomic mass is 32.2. The molecular formula is C14H17NS. The average Bonchev–Trinajstić information content (AvgIpc) is 2.82. The highest BCUT2D eigenvalue weighted by molar-refractivity contribution is 7.98. The summed E-state index contributed by atoms with van der Waals surface area (Å²) < 4.78 is 0. The van der Waals surface area contributed by atoms with Crippen molar-refractivity contribution < 1.29 is 0 Å². The van der Waals surface area contributed by atoms with Crippen molar-refractivity contribution in [2.24, 2.45) is 0 Å². The standard InChI is InChI=1S/C14H17NS/c1-4-8-13-11(5-1)9-16-10-14(13)15-12-6-2-3-7-12/h1-5,8,12,14-15H,6-7,9-10H2. The number of hydrogen-bond acceptors (Lipinski definition) is 2. The Kier molecular flexibility index (Phi) is 3.02. The Morgan fingerprint density at radius 2 is 1.94 bits per heavy atom. The van der Waals surface area contributed by atoms with E-state index in [1.165, 1.54) is 35.5 Å². The molecule has 1 aliphatic carbocycles. The number of hydrogen-bond donors (Lipinski definition) is 1. The van der Waals surface area contributed by atoms with Gasteiger partial charge in [0, 0.05) is 23.6 Å². The van der Waals surface area contributed by atoms with Gasteiger partial charge in [0.05, 0.1) is 0 Å². The maximum Gasteiger partial charge on any atom is 0.0417 e. The van der Waals surface area contributed by atoms with E-state index in [1.807, 2.05) is 11.8 Å². The Morgan fingerprint density at radius 3 is 2.81 bits per heavy atom. The normalized spacial score (nSPS) is 24.6. The summed E-state index contributed by atoms with van der Waals surface area (Å²) in [6.07, 6.45) is 6.98. The molecule has 1 unspecified atom stereocenters. The molecule has 2 aliphatic rings. The van der Waals surface area contributed by atoms with Gasteiger partial charge in [0.15, 0.2) is 0 Å². The minimum absolute atomic E-state index is 0.555. The van der Waals surface area contributed by atoms with Crippen molar-refractivity contribution in [2.45, 2.75) is 30.7 Å². The summed E-state index contributed by atoms with van der Waals surface area (Å²) in [4.78, 5) is 0. The van der Waals surface area contributed by atoms with E-state index in [0.717, 1.165) is 0 Å². The molecule has 0 fully saturated rings. The quantitative estimate of drug-likeness (QED) is 0.784. The van der Waals surface area contributed by atoms with Crippen molar-refractivity contribution in [3.63, 3.8) is 0 Å². The molecule has 1 nitrogen and oxygen atoms in total. The van der Waals surface area contributed by atoms with Crippen molar-refractivity contribution in [2.75, 3.05) is 5.75 Å². The van der Waals surface area contributed by atoms with Gasteiger partial charge in [0.1, 0.15) is 0 Å². The average molecular weight is 231 g/mol. The van der Waals surface area contributed by atoms with Crippen molar-refractivity contribution in [1.82, 2.24) is 5.32 Å². The summed E-state index contributed by atoms with van der Waals surface area (Å²) in [6, 6.07) is 10.1. The van der Waals surface area contributed by atoms with Crippen LogP contribution in [0.3, 0.4) is 0 Å². The van der Waals surface area contributed by atoms with Crippen LogP contribution in [-0.2, 0) is 5.75 Å². The third-order valence-electron chi connectivity index (χ3n) is 3.42. The van der Waals surface area contributed by atoms with E-state index in [-0.39, 0.29) is 0 Å². The van der Waals surface area contributed by atoms with E-state index in [0.29, 0.717) is 12.1 Å². The zero-order chi connectivity index (χ0) is 10.8. The Labute approximate surface area is 101 Å². The molecular weight excluding hydrogens is 214 g/mol. The summed E-state index contributed by atoms with van der Waals surface area (Å²) in [5.41, 5.74) is 3.04. The molecule has 0 radical (unpaired) electrons. The van der Waals surface area contributed by atoms with Crippen molar-refractivity contribution in [1.29, 1.82) is 0 Å². The molecule has 84 valence electrons. The first-order valence-electron chi connectivity index (χ1n) is 6.00. The second kappa shape index (κ2) is 4.64. The van der Waals surface area contributed by atoms with Crippen LogP contribution in [0, 0.1) is 0 Å². The molecule has 1 aliphatic heterocycles. The van der Waals surface area contributed by atoms with Crippen LogP contribution in [0.15, 0.2) is 36.4 Å². The minimum Gasteiger partial charge on any atom is -0.306 e. The smallest absolute Gasteiger partial charge is 0.0417 e. The Bertz CT molecular complexity index is 391. The van der Waals surface area contributed by atoms with Gasteiger partial charge < -0.3 is 5.32 Å². The zero-order valence-electron chi connectivity index (χ0n) is 9.36. The van der Waals surface area contributed by atoms with E-state index in [1.54, 1.807) is 0 Å². The predicted molar refractivity (Wildman–Crippen MR) is 70.6 cm³/mol. The largest absolute Gasteiger partial charge is 0.306 e. The van der Waals surface area contributed by atoms with Crippen LogP contribution in [0.4, 0.5) is 0 Å². The summed E-state index contributed by atoms with van der Waals surface area (Å²) in [5, 5.41) is 3.79. The SMILES string of the molecule is C1=CCC(NC2CSCc3ccccc32)C1. The molecule has 0 amide bonds. The molecule has 16 heavy (non-hydrogen) atoms. The molecule has 0 saturated heterocycles. The maximum atomic E-state index is 3.79. The number of thioether (sulfide) groups is 1. The van der Waals surface area contributed by atoms with Gasteiger partial charge >= 0.3 is 0 Å². The second-order valence-corrected chi connectivity index (χ2v) is 5.60. The Hall–Kier alpha value is -0.730. The zero-order valence-corrected chi connectivity index (χ0v) is 10.2. The lowest BCUT2D eigenvalue weighted by Crippen LogP contribution is -2.34. The van der Waals surface area contributed by atoms with E-state index in [9.17, 15) is 0 Å². The third kappa shape index (κ3) is 2.04. The summed E-state index contributed by atoms with van der Waals surface area (Å²) in [7, 11) is 0. The first-order chi connectivity index (χ1) is 7.93. The number of nitrogens with one attached hydrogen (secondary N) is 1. The van der Waals surface area contributed by atoms with Crippen molar-refractivity contribution in [3.8, 4) is 0 Å². The van der Waals surface area contributed by atoms with Crippen LogP contribution in [-0.4, -0.2) is 11.8 Å². The monoisotopic (exact) mass is 231 g/mol. The van der Waals surface area contributed by atoms with Crippen LogP contribution in [0.2, 0.25) is 0 Å². The lowest BCUT2D eigenvalue weighted by atomic mass is 10.0. The fourth-order valence-corrected chi connectivity index (χ4v) is 3.67. The lowest BCUT2D eigenvalue weighted by Gasteiger charge is -2.28. The topological polar surface area (TPSA) is 12.0 Å². The van der Waals surface area contributed by atoms with Gasteiger partial charge in [0.25, 0.3) is 0 Å². The summed E-state index contributed by atoms with van der Waals surface area (Å²) >= 11 is 2.05. The minimum atomic E-state index is 0.555. The molecule has 1 N–H and O–H groups in total. The molecule has 0 aromatic heterocycles. The number of fused-ring (bicyclic) bond motifs is 1. The van der Waals surface area contributed by atoms with E-state index in [2.05, 4.69) is 41.7 Å². The fourth-order valence-electron chi connectivity index (χ4n) is 2.56. The van der Waals surface area contributed by atoms with Crippen LogP contribution in [0.5, 0.6) is 0 Å². The van der Waals surface area contributed by atoms with Gasteiger partial charge in [-0.2, -0.15) is 11.8 Å². The second-order valence-electron chi connectivity index (χ2n) is 4.57. The fraction of sp³-hybridized carbons (Fsp3) is 0.429. The third-order valence-corrected chi connectivity index (χ3v) is 4.50. The van der Waals surface area contributed by atoms with Gasteiger partial charge in [-0.15, -0.1) is 0 Å². The predicted octanol–water partition coefficient (Wildman–Crippen LogP) is 3.28. The molecule has 0 bridgehead atoms. The van der Waals surface area contributed by atoms with Gasteiger partial charge in [0.2, 0.25) is 0 Å². The van der Waals surface area contributed by atoms with E-state index < -0.39 is 0 Å². The highest BCUT2D eigenvalue weighted by Crippen LogP contribution is 2.32. The Balaban J connectivity index is 1.76. The van der Waals surface area contributed by atoms with Crippen LogP contribution >= 0.6 is 11.8 Å². The molecule has 1 heterocycles. The number of benzene rings is 1. The van der Waals surface area contributed by atoms with Gasteiger partial charge in [-0.3, -0.25) is 0 Å². The number of rotatable bonds is 2. The van der Waals surface area contributed by atoms with Crippen molar-refractivity contribution in [3.05, 3.63) is 47.5 Å². The molecule has 1 atom stereocenters. The molecule has 1 aromatic carbocycles. The van der Waals surface area contributed by atoms with Crippen LogP contribution in [0.1, 0.15) is 30.0 Å². The van der Waals surface area contributed by atoms with Crippen LogP contribution < -0.4 is 5.32 Å². The first-order valence-corrected chi connectivity index (χ1v) is 7.15.